The average Bonchev–Trinajstić information content (AvgIpc) is 2.73. The number of halogens is 1. The van der Waals surface area contributed by atoms with Crippen LogP contribution in [-0.2, 0) is 19.3 Å². The minimum absolute atomic E-state index is 0.242. The summed E-state index contributed by atoms with van der Waals surface area (Å²) in [6.07, 6.45) is 1.98. The van der Waals surface area contributed by atoms with Gasteiger partial charge in [-0.15, -0.1) is 0 Å². The minimum atomic E-state index is -0.341. The quantitative estimate of drug-likeness (QED) is 0.885. The topological polar surface area (TPSA) is 46.3 Å². The number of aryl methyl sites for hydroxylation is 1. The summed E-state index contributed by atoms with van der Waals surface area (Å²) >= 11 is 0. The molecule has 3 rings (SSSR count). The van der Waals surface area contributed by atoms with Crippen molar-refractivity contribution in [2.75, 3.05) is 0 Å². The fourth-order valence-corrected chi connectivity index (χ4v) is 2.29. The maximum absolute atomic E-state index is 13.5. The van der Waals surface area contributed by atoms with Crippen molar-refractivity contribution in [1.29, 1.82) is 0 Å². The summed E-state index contributed by atoms with van der Waals surface area (Å²) in [6.45, 7) is 0. The molecule has 1 N–H and O–H groups in total. The number of rotatable bonds is 2. The van der Waals surface area contributed by atoms with Gasteiger partial charge in [-0.05, 0) is 24.5 Å². The molecule has 0 aliphatic heterocycles. The van der Waals surface area contributed by atoms with Crippen LogP contribution in [0.25, 0.3) is 0 Å². The van der Waals surface area contributed by atoms with Gasteiger partial charge in [-0.25, -0.2) is 9.37 Å². The molecule has 3 nitrogen and oxygen atoms in total. The predicted octanol–water partition coefficient (Wildman–Crippen LogP) is 2.25. The van der Waals surface area contributed by atoms with Gasteiger partial charge in [0, 0.05) is 6.42 Å². The van der Waals surface area contributed by atoms with Crippen molar-refractivity contribution >= 4 is 0 Å². The molecule has 1 aliphatic carbocycles. The Kier molecular flexibility index (Phi) is 2.88. The number of hydrogen-bond acceptors (Lipinski definition) is 3. The van der Waals surface area contributed by atoms with Gasteiger partial charge in [0.1, 0.15) is 11.6 Å². The Balaban J connectivity index is 1.84. The maximum Gasteiger partial charge on any atom is 0.199 e. The zero-order chi connectivity index (χ0) is 12.5. The number of benzene rings is 1. The summed E-state index contributed by atoms with van der Waals surface area (Å²) in [4.78, 5) is 4.38. The average molecular weight is 247 g/mol. The Bertz CT molecular complexity index is 565. The van der Waals surface area contributed by atoms with Crippen molar-refractivity contribution in [3.05, 3.63) is 53.0 Å². The van der Waals surface area contributed by atoms with Gasteiger partial charge in [-0.1, -0.05) is 18.2 Å². The van der Waals surface area contributed by atoms with E-state index in [1.54, 1.807) is 18.2 Å². The number of aliphatic hydroxyl groups is 1. The van der Waals surface area contributed by atoms with Gasteiger partial charge in [0.15, 0.2) is 5.89 Å². The molecule has 1 aromatic heterocycles. The Morgan fingerprint density at radius 2 is 2.22 bits per heavy atom. The Hall–Kier alpha value is -1.68. The lowest BCUT2D eigenvalue weighted by atomic mass is 9.99. The van der Waals surface area contributed by atoms with E-state index < -0.39 is 0 Å². The number of hydrogen-bond donors (Lipinski definition) is 1. The smallest absolute Gasteiger partial charge is 0.199 e. The molecule has 94 valence electrons. The molecule has 1 heterocycles. The van der Waals surface area contributed by atoms with E-state index >= 15 is 0 Å². The summed E-state index contributed by atoms with van der Waals surface area (Å²) in [5, 5.41) is 9.55. The molecular weight excluding hydrogens is 233 g/mol. The van der Waals surface area contributed by atoms with Crippen LogP contribution in [0.4, 0.5) is 4.39 Å². The van der Waals surface area contributed by atoms with Gasteiger partial charge in [0.25, 0.3) is 0 Å². The molecule has 1 aliphatic rings. The Morgan fingerprint density at radius 1 is 1.39 bits per heavy atom. The molecule has 4 heteroatoms. The molecular formula is C14H14FNO2. The zero-order valence-electron chi connectivity index (χ0n) is 9.90. The van der Waals surface area contributed by atoms with E-state index in [4.69, 9.17) is 4.42 Å². The van der Waals surface area contributed by atoms with Crippen molar-refractivity contribution in [3.8, 4) is 0 Å². The summed E-state index contributed by atoms with van der Waals surface area (Å²) in [7, 11) is 0. The number of aliphatic hydroxyl groups excluding tert-OH is 1. The van der Waals surface area contributed by atoms with Crippen LogP contribution in [0.3, 0.4) is 0 Å². The first-order valence-electron chi connectivity index (χ1n) is 6.11. The highest BCUT2D eigenvalue weighted by molar-refractivity contribution is 5.22. The van der Waals surface area contributed by atoms with Crippen LogP contribution in [0.5, 0.6) is 0 Å². The van der Waals surface area contributed by atoms with Crippen molar-refractivity contribution in [2.45, 2.75) is 31.8 Å². The van der Waals surface area contributed by atoms with Crippen molar-refractivity contribution in [3.63, 3.8) is 0 Å². The van der Waals surface area contributed by atoms with Crippen molar-refractivity contribution in [1.82, 2.24) is 4.98 Å². The van der Waals surface area contributed by atoms with Crippen molar-refractivity contribution in [2.24, 2.45) is 0 Å². The number of nitrogens with zero attached hydrogens (tertiary/aromatic N) is 1. The van der Waals surface area contributed by atoms with E-state index in [1.165, 1.54) is 6.07 Å². The first-order valence-corrected chi connectivity index (χ1v) is 6.11. The molecule has 1 unspecified atom stereocenters. The van der Waals surface area contributed by atoms with Gasteiger partial charge in [-0.2, -0.15) is 0 Å². The molecule has 0 spiro atoms. The first-order chi connectivity index (χ1) is 8.72. The molecule has 0 fully saturated rings. The van der Waals surface area contributed by atoms with Crippen molar-refractivity contribution < 1.29 is 13.9 Å². The lowest BCUT2D eigenvalue weighted by Crippen LogP contribution is -2.17. The second kappa shape index (κ2) is 4.53. The summed E-state index contributed by atoms with van der Waals surface area (Å²) in [6, 6.07) is 6.62. The minimum Gasteiger partial charge on any atom is -0.445 e. The third-order valence-corrected chi connectivity index (χ3v) is 3.26. The van der Waals surface area contributed by atoms with Crippen LogP contribution < -0.4 is 0 Å². The zero-order valence-corrected chi connectivity index (χ0v) is 9.90. The molecule has 0 amide bonds. The lowest BCUT2D eigenvalue weighted by Gasteiger charge is -2.13. The van der Waals surface area contributed by atoms with Crippen LogP contribution in [0.15, 0.2) is 28.7 Å². The first kappa shape index (κ1) is 11.4. The molecule has 1 atom stereocenters. The molecule has 0 bridgehead atoms. The third kappa shape index (κ3) is 2.16. The van der Waals surface area contributed by atoms with Gasteiger partial charge in [-0.3, -0.25) is 0 Å². The lowest BCUT2D eigenvalue weighted by molar-refractivity contribution is 0.149. The van der Waals surface area contributed by atoms with Crippen LogP contribution in [-0.4, -0.2) is 16.2 Å². The second-order valence-electron chi connectivity index (χ2n) is 4.64. The normalized spacial score (nSPS) is 18.7. The van der Waals surface area contributed by atoms with E-state index in [0.717, 1.165) is 24.3 Å². The second-order valence-corrected chi connectivity index (χ2v) is 4.64. The number of oxazole rings is 1. The largest absolute Gasteiger partial charge is 0.445 e. The fourth-order valence-electron chi connectivity index (χ4n) is 2.29. The van der Waals surface area contributed by atoms with Crippen LogP contribution in [0, 0.1) is 5.82 Å². The Morgan fingerprint density at radius 3 is 3.06 bits per heavy atom. The van der Waals surface area contributed by atoms with E-state index in [1.807, 2.05) is 0 Å². The standard InChI is InChI=1S/C14H14FNO2/c15-11-4-2-1-3-9(11)7-14-16-12-6-5-10(17)8-13(12)18-14/h1-4,10,17H,5-8H2. The molecule has 2 aromatic rings. The van der Waals surface area contributed by atoms with E-state index in [2.05, 4.69) is 4.98 Å². The maximum atomic E-state index is 13.5. The van der Waals surface area contributed by atoms with Gasteiger partial charge < -0.3 is 9.52 Å². The summed E-state index contributed by atoms with van der Waals surface area (Å²) in [5.41, 5.74) is 1.49. The van der Waals surface area contributed by atoms with Gasteiger partial charge in [0.05, 0.1) is 18.2 Å². The highest BCUT2D eigenvalue weighted by Crippen LogP contribution is 2.23. The highest BCUT2D eigenvalue weighted by Gasteiger charge is 2.22. The monoisotopic (exact) mass is 247 g/mol. The van der Waals surface area contributed by atoms with Gasteiger partial charge >= 0.3 is 0 Å². The predicted molar refractivity (Wildman–Crippen MR) is 63.7 cm³/mol. The third-order valence-electron chi connectivity index (χ3n) is 3.26. The fraction of sp³-hybridized carbons (Fsp3) is 0.357. The summed E-state index contributed by atoms with van der Waals surface area (Å²) in [5.74, 6) is 1.04. The molecule has 18 heavy (non-hydrogen) atoms. The Labute approximate surface area is 104 Å². The summed E-state index contributed by atoms with van der Waals surface area (Å²) < 4.78 is 19.1. The molecule has 0 saturated heterocycles. The van der Waals surface area contributed by atoms with Gasteiger partial charge in [0.2, 0.25) is 0 Å². The van der Waals surface area contributed by atoms with Crippen LogP contribution >= 0.6 is 0 Å². The molecule has 0 radical (unpaired) electrons. The molecule has 0 saturated carbocycles. The highest BCUT2D eigenvalue weighted by atomic mass is 19.1. The van der Waals surface area contributed by atoms with Crippen LogP contribution in [0.2, 0.25) is 0 Å². The molecule has 1 aromatic carbocycles. The van der Waals surface area contributed by atoms with E-state index in [-0.39, 0.29) is 11.9 Å². The van der Waals surface area contributed by atoms with Crippen LogP contribution in [0.1, 0.15) is 29.3 Å². The SMILES string of the molecule is OC1CCc2nc(Cc3ccccc3F)oc2C1. The van der Waals surface area contributed by atoms with E-state index in [0.29, 0.717) is 24.3 Å². The van der Waals surface area contributed by atoms with E-state index in [9.17, 15) is 9.50 Å². The number of fused-ring (bicyclic) bond motifs is 1. The number of aromatic nitrogens is 1.